The summed E-state index contributed by atoms with van der Waals surface area (Å²) in [5.41, 5.74) is 0.911. The molecule has 0 amide bonds. The number of rotatable bonds is 6. The van der Waals surface area contributed by atoms with Crippen molar-refractivity contribution in [3.63, 3.8) is 0 Å². The molecule has 1 unspecified atom stereocenters. The van der Waals surface area contributed by atoms with Crippen molar-refractivity contribution in [2.24, 2.45) is 0 Å². The molecular formula is C14H18O4S. The number of carbonyl (C=O) groups excluding carboxylic acids is 2. The quantitative estimate of drug-likeness (QED) is 0.747. The van der Waals surface area contributed by atoms with Gasteiger partial charge in [0.15, 0.2) is 0 Å². The van der Waals surface area contributed by atoms with Gasteiger partial charge >= 0.3 is 11.3 Å². The molecule has 0 saturated heterocycles. The molecule has 0 spiro atoms. The number of carbonyl (C=O) groups is 2. The second-order valence-corrected chi connectivity index (χ2v) is 4.85. The lowest BCUT2D eigenvalue weighted by Crippen LogP contribution is -2.10. The zero-order valence-electron chi connectivity index (χ0n) is 11.1. The summed E-state index contributed by atoms with van der Waals surface area (Å²) >= 11 is 1.01. The lowest BCUT2D eigenvalue weighted by Gasteiger charge is -2.14. The Morgan fingerprint density at radius 3 is 2.32 bits per heavy atom. The van der Waals surface area contributed by atoms with Gasteiger partial charge in [0.2, 0.25) is 0 Å². The van der Waals surface area contributed by atoms with E-state index in [-0.39, 0.29) is 22.9 Å². The molecule has 0 bridgehead atoms. The molecular weight excluding hydrogens is 264 g/mol. The van der Waals surface area contributed by atoms with E-state index >= 15 is 0 Å². The van der Waals surface area contributed by atoms with Crippen LogP contribution in [0.2, 0.25) is 0 Å². The van der Waals surface area contributed by atoms with Crippen LogP contribution in [0.25, 0.3) is 0 Å². The van der Waals surface area contributed by atoms with Crippen molar-refractivity contribution in [2.75, 3.05) is 13.2 Å². The molecule has 4 nitrogen and oxygen atoms in total. The van der Waals surface area contributed by atoms with Crippen LogP contribution in [-0.4, -0.2) is 24.5 Å². The van der Waals surface area contributed by atoms with E-state index in [0.29, 0.717) is 13.2 Å². The van der Waals surface area contributed by atoms with Crippen molar-refractivity contribution >= 4 is 23.0 Å². The minimum Gasteiger partial charge on any atom is -0.466 e. The third-order valence-corrected chi connectivity index (χ3v) is 3.36. The van der Waals surface area contributed by atoms with E-state index < -0.39 is 0 Å². The minimum atomic E-state index is -0.374. The molecule has 1 aromatic carbocycles. The summed E-state index contributed by atoms with van der Waals surface area (Å²) in [4.78, 5) is 23.1. The van der Waals surface area contributed by atoms with Crippen molar-refractivity contribution in [2.45, 2.75) is 25.5 Å². The van der Waals surface area contributed by atoms with Gasteiger partial charge in [0.05, 0.1) is 24.9 Å². The van der Waals surface area contributed by atoms with Crippen LogP contribution in [0.4, 0.5) is 4.79 Å². The zero-order valence-corrected chi connectivity index (χ0v) is 11.9. The van der Waals surface area contributed by atoms with Crippen LogP contribution < -0.4 is 0 Å². The first-order valence-corrected chi connectivity index (χ1v) is 7.09. The number of ether oxygens (including phenoxy) is 2. The van der Waals surface area contributed by atoms with E-state index in [0.717, 1.165) is 17.3 Å². The molecule has 0 N–H and O–H groups in total. The Hall–Kier alpha value is -1.49. The molecule has 104 valence electrons. The molecule has 0 radical (unpaired) electrons. The Morgan fingerprint density at radius 1 is 1.11 bits per heavy atom. The van der Waals surface area contributed by atoms with Crippen molar-refractivity contribution in [1.29, 1.82) is 0 Å². The molecule has 19 heavy (non-hydrogen) atoms. The van der Waals surface area contributed by atoms with E-state index in [1.54, 1.807) is 13.8 Å². The van der Waals surface area contributed by atoms with E-state index in [1.165, 1.54) is 0 Å². The predicted molar refractivity (Wildman–Crippen MR) is 75.0 cm³/mol. The normalized spacial score (nSPS) is 11.7. The van der Waals surface area contributed by atoms with E-state index in [2.05, 4.69) is 0 Å². The number of esters is 1. The molecule has 0 heterocycles. The fraction of sp³-hybridized carbons (Fsp3) is 0.429. The number of hydrogen-bond acceptors (Lipinski definition) is 5. The van der Waals surface area contributed by atoms with Crippen LogP contribution in [-0.2, 0) is 14.3 Å². The summed E-state index contributed by atoms with van der Waals surface area (Å²) < 4.78 is 9.84. The fourth-order valence-electron chi connectivity index (χ4n) is 1.53. The summed E-state index contributed by atoms with van der Waals surface area (Å²) in [5, 5.41) is -0.653. The van der Waals surface area contributed by atoms with Crippen LogP contribution in [0.5, 0.6) is 0 Å². The van der Waals surface area contributed by atoms with Gasteiger partial charge in [-0.3, -0.25) is 4.79 Å². The van der Waals surface area contributed by atoms with Crippen LogP contribution in [0.15, 0.2) is 30.3 Å². The maximum absolute atomic E-state index is 11.6. The van der Waals surface area contributed by atoms with Gasteiger partial charge in [-0.25, -0.2) is 4.79 Å². The van der Waals surface area contributed by atoms with Crippen LogP contribution in [0.1, 0.15) is 31.1 Å². The van der Waals surface area contributed by atoms with Gasteiger partial charge in [0.1, 0.15) is 0 Å². The van der Waals surface area contributed by atoms with Crippen LogP contribution in [0, 0.1) is 0 Å². The Morgan fingerprint density at radius 2 is 1.74 bits per heavy atom. The summed E-state index contributed by atoms with van der Waals surface area (Å²) in [5.74, 6) is -0.312. The molecule has 0 aliphatic carbocycles. The highest BCUT2D eigenvalue weighted by atomic mass is 32.2. The second kappa shape index (κ2) is 8.58. The summed E-state index contributed by atoms with van der Waals surface area (Å²) in [6, 6.07) is 9.41. The molecule has 0 aromatic heterocycles. The first-order chi connectivity index (χ1) is 9.17. The molecule has 1 atom stereocenters. The maximum atomic E-state index is 11.6. The van der Waals surface area contributed by atoms with Gasteiger partial charge in [-0.05, 0) is 31.2 Å². The first kappa shape index (κ1) is 15.6. The third-order valence-electron chi connectivity index (χ3n) is 2.33. The fourth-order valence-corrected chi connectivity index (χ4v) is 2.47. The SMILES string of the molecule is CCOC(=O)CC(SC(=O)OCC)c1ccccc1. The van der Waals surface area contributed by atoms with Crippen molar-refractivity contribution in [1.82, 2.24) is 0 Å². The summed E-state index contributed by atoms with van der Waals surface area (Å²) in [6.45, 7) is 4.17. The zero-order chi connectivity index (χ0) is 14.1. The van der Waals surface area contributed by atoms with Crippen LogP contribution in [0.3, 0.4) is 0 Å². The smallest absolute Gasteiger partial charge is 0.367 e. The minimum absolute atomic E-state index is 0.154. The van der Waals surface area contributed by atoms with Gasteiger partial charge in [0.25, 0.3) is 0 Å². The molecule has 0 saturated carbocycles. The number of benzene rings is 1. The van der Waals surface area contributed by atoms with Gasteiger partial charge in [-0.2, -0.15) is 0 Å². The largest absolute Gasteiger partial charge is 0.466 e. The monoisotopic (exact) mass is 282 g/mol. The highest BCUT2D eigenvalue weighted by Gasteiger charge is 2.21. The predicted octanol–water partition coefficient (Wildman–Crippen LogP) is 3.57. The third kappa shape index (κ3) is 5.79. The second-order valence-electron chi connectivity index (χ2n) is 3.71. The molecule has 0 fully saturated rings. The molecule has 0 aliphatic rings. The average molecular weight is 282 g/mol. The van der Waals surface area contributed by atoms with Gasteiger partial charge < -0.3 is 9.47 Å². The summed E-state index contributed by atoms with van der Waals surface area (Å²) in [7, 11) is 0. The molecule has 5 heteroatoms. The van der Waals surface area contributed by atoms with Gasteiger partial charge in [-0.15, -0.1) is 0 Å². The Bertz CT molecular complexity index is 385. The first-order valence-electron chi connectivity index (χ1n) is 6.21. The molecule has 1 aromatic rings. The Balaban J connectivity index is 2.73. The molecule has 0 aliphatic heterocycles. The van der Waals surface area contributed by atoms with E-state index in [1.807, 2.05) is 30.3 Å². The molecule has 1 rings (SSSR count). The van der Waals surface area contributed by atoms with E-state index in [4.69, 9.17) is 9.47 Å². The number of thioether (sulfide) groups is 1. The lowest BCUT2D eigenvalue weighted by molar-refractivity contribution is -0.143. The number of hydrogen-bond donors (Lipinski definition) is 0. The highest BCUT2D eigenvalue weighted by Crippen LogP contribution is 2.33. The topological polar surface area (TPSA) is 52.6 Å². The maximum Gasteiger partial charge on any atom is 0.367 e. The Labute approximate surface area is 117 Å². The lowest BCUT2D eigenvalue weighted by atomic mass is 10.1. The van der Waals surface area contributed by atoms with Crippen molar-refractivity contribution in [3.05, 3.63) is 35.9 Å². The van der Waals surface area contributed by atoms with Crippen LogP contribution >= 0.6 is 11.8 Å². The van der Waals surface area contributed by atoms with E-state index in [9.17, 15) is 9.59 Å². The standard InChI is InChI=1S/C14H18O4S/c1-3-17-13(15)10-12(19-14(16)18-4-2)11-8-6-5-7-9-11/h5-9,12H,3-4,10H2,1-2H3. The highest BCUT2D eigenvalue weighted by molar-refractivity contribution is 8.13. The van der Waals surface area contributed by atoms with Gasteiger partial charge in [-0.1, -0.05) is 30.3 Å². The van der Waals surface area contributed by atoms with Crippen molar-refractivity contribution in [3.8, 4) is 0 Å². The van der Waals surface area contributed by atoms with Gasteiger partial charge in [0, 0.05) is 0 Å². The summed E-state index contributed by atoms with van der Waals surface area (Å²) in [6.07, 6.45) is 0.154. The van der Waals surface area contributed by atoms with Crippen molar-refractivity contribution < 1.29 is 19.1 Å². The Kier molecular flexibility index (Phi) is 7.03. The average Bonchev–Trinajstić information content (AvgIpc) is 2.39.